The van der Waals surface area contributed by atoms with Crippen molar-refractivity contribution in [2.75, 3.05) is 0 Å². The van der Waals surface area contributed by atoms with E-state index >= 15 is 0 Å². The fourth-order valence-corrected chi connectivity index (χ4v) is 2.20. The molecule has 2 heterocycles. The van der Waals surface area contributed by atoms with Crippen molar-refractivity contribution >= 4 is 15.9 Å². The van der Waals surface area contributed by atoms with Crippen LogP contribution in [0.2, 0.25) is 0 Å². The molecule has 1 aromatic heterocycles. The first-order chi connectivity index (χ1) is 6.22. The third-order valence-electron chi connectivity index (χ3n) is 2.32. The van der Waals surface area contributed by atoms with Gasteiger partial charge in [-0.2, -0.15) is 0 Å². The SMILES string of the molecule is CC1Cc2onc(CBr)c2C(C)O1. The molecule has 2 rings (SSSR count). The van der Waals surface area contributed by atoms with Crippen LogP contribution >= 0.6 is 15.9 Å². The molecule has 1 aliphatic rings. The van der Waals surface area contributed by atoms with Crippen molar-refractivity contribution in [3.8, 4) is 0 Å². The van der Waals surface area contributed by atoms with Crippen LogP contribution in [0.1, 0.15) is 37.0 Å². The van der Waals surface area contributed by atoms with Gasteiger partial charge in [-0.25, -0.2) is 0 Å². The van der Waals surface area contributed by atoms with E-state index in [9.17, 15) is 0 Å². The predicted octanol–water partition coefficient (Wildman–Crippen LogP) is 2.59. The molecule has 1 aliphatic heterocycles. The van der Waals surface area contributed by atoms with E-state index in [1.807, 2.05) is 6.92 Å². The maximum Gasteiger partial charge on any atom is 0.145 e. The standard InChI is InChI=1S/C9H12BrNO2/c1-5-3-8-9(6(2)12-5)7(4-10)11-13-8/h5-6H,3-4H2,1-2H3. The number of alkyl halides is 1. The minimum atomic E-state index is 0.109. The molecule has 0 aromatic carbocycles. The lowest BCUT2D eigenvalue weighted by Crippen LogP contribution is -2.21. The lowest BCUT2D eigenvalue weighted by molar-refractivity contribution is -0.0101. The third-order valence-corrected chi connectivity index (χ3v) is 2.85. The van der Waals surface area contributed by atoms with Crippen molar-refractivity contribution in [2.45, 2.75) is 37.8 Å². The smallest absolute Gasteiger partial charge is 0.145 e. The Morgan fingerprint density at radius 1 is 1.54 bits per heavy atom. The maximum atomic E-state index is 5.69. The predicted molar refractivity (Wildman–Crippen MR) is 51.8 cm³/mol. The highest BCUT2D eigenvalue weighted by atomic mass is 79.9. The molecule has 2 atom stereocenters. The van der Waals surface area contributed by atoms with Crippen LogP contribution in [0, 0.1) is 0 Å². The van der Waals surface area contributed by atoms with Gasteiger partial charge in [0.1, 0.15) is 11.5 Å². The van der Waals surface area contributed by atoms with E-state index in [4.69, 9.17) is 9.26 Å². The zero-order valence-electron chi connectivity index (χ0n) is 7.71. The molecule has 0 fully saturated rings. The van der Waals surface area contributed by atoms with E-state index in [1.54, 1.807) is 0 Å². The summed E-state index contributed by atoms with van der Waals surface area (Å²) in [5, 5.41) is 4.73. The zero-order valence-corrected chi connectivity index (χ0v) is 9.30. The summed E-state index contributed by atoms with van der Waals surface area (Å²) < 4.78 is 11.0. The van der Waals surface area contributed by atoms with E-state index in [2.05, 4.69) is 28.0 Å². The van der Waals surface area contributed by atoms with Crippen LogP contribution in [0.4, 0.5) is 0 Å². The van der Waals surface area contributed by atoms with Gasteiger partial charge in [0.05, 0.1) is 12.2 Å². The Hall–Kier alpha value is -0.350. The molecule has 0 spiro atoms. The number of rotatable bonds is 1. The first kappa shape index (κ1) is 9.21. The van der Waals surface area contributed by atoms with Crippen LogP contribution in [0.15, 0.2) is 4.52 Å². The fourth-order valence-electron chi connectivity index (χ4n) is 1.80. The van der Waals surface area contributed by atoms with E-state index < -0.39 is 0 Å². The van der Waals surface area contributed by atoms with Gasteiger partial charge in [0.25, 0.3) is 0 Å². The minimum Gasteiger partial charge on any atom is -0.370 e. The Labute approximate surface area is 85.6 Å². The van der Waals surface area contributed by atoms with Crippen LogP contribution in [0.25, 0.3) is 0 Å². The number of nitrogens with zero attached hydrogens (tertiary/aromatic N) is 1. The quantitative estimate of drug-likeness (QED) is 0.714. The summed E-state index contributed by atoms with van der Waals surface area (Å²) in [4.78, 5) is 0. The molecule has 13 heavy (non-hydrogen) atoms. The molecule has 3 nitrogen and oxygen atoms in total. The second-order valence-electron chi connectivity index (χ2n) is 3.39. The molecular formula is C9H12BrNO2. The van der Waals surface area contributed by atoms with Crippen LogP contribution in [-0.4, -0.2) is 11.3 Å². The van der Waals surface area contributed by atoms with Crippen LogP contribution in [0.5, 0.6) is 0 Å². The summed E-state index contributed by atoms with van der Waals surface area (Å²) in [6, 6.07) is 0. The molecule has 0 aliphatic carbocycles. The average Bonchev–Trinajstić information content (AvgIpc) is 2.47. The van der Waals surface area contributed by atoms with Crippen molar-refractivity contribution in [3.05, 3.63) is 17.0 Å². The van der Waals surface area contributed by atoms with Gasteiger partial charge in [0.15, 0.2) is 0 Å². The lowest BCUT2D eigenvalue weighted by Gasteiger charge is -2.24. The largest absolute Gasteiger partial charge is 0.370 e. The highest BCUT2D eigenvalue weighted by molar-refractivity contribution is 9.08. The van der Waals surface area contributed by atoms with Crippen molar-refractivity contribution in [1.82, 2.24) is 5.16 Å². The Balaban J connectivity index is 2.40. The van der Waals surface area contributed by atoms with Gasteiger partial charge in [-0.05, 0) is 13.8 Å². The Morgan fingerprint density at radius 3 is 3.00 bits per heavy atom. The number of aromatic nitrogens is 1. The topological polar surface area (TPSA) is 35.3 Å². The summed E-state index contributed by atoms with van der Waals surface area (Å²) in [5.74, 6) is 0.987. The number of hydrogen-bond donors (Lipinski definition) is 0. The summed E-state index contributed by atoms with van der Waals surface area (Å²) in [6.45, 7) is 4.09. The molecular weight excluding hydrogens is 234 g/mol. The highest BCUT2D eigenvalue weighted by Crippen LogP contribution is 2.33. The van der Waals surface area contributed by atoms with Crippen molar-refractivity contribution in [1.29, 1.82) is 0 Å². The monoisotopic (exact) mass is 245 g/mol. The van der Waals surface area contributed by atoms with Gasteiger partial charge in [-0.15, -0.1) is 0 Å². The van der Waals surface area contributed by atoms with E-state index in [1.165, 1.54) is 0 Å². The summed E-state index contributed by atoms with van der Waals surface area (Å²) >= 11 is 3.38. The number of hydrogen-bond acceptors (Lipinski definition) is 3. The van der Waals surface area contributed by atoms with Gasteiger partial charge in [0, 0.05) is 17.3 Å². The summed E-state index contributed by atoms with van der Waals surface area (Å²) in [5.41, 5.74) is 2.10. The van der Waals surface area contributed by atoms with E-state index in [0.29, 0.717) is 0 Å². The molecule has 2 unspecified atom stereocenters. The molecule has 0 N–H and O–H groups in total. The molecule has 4 heteroatoms. The highest BCUT2D eigenvalue weighted by Gasteiger charge is 2.28. The first-order valence-corrected chi connectivity index (χ1v) is 5.53. The van der Waals surface area contributed by atoms with Crippen LogP contribution in [0.3, 0.4) is 0 Å². The normalized spacial score (nSPS) is 27.3. The maximum absolute atomic E-state index is 5.69. The van der Waals surface area contributed by atoms with Crippen LogP contribution < -0.4 is 0 Å². The average molecular weight is 246 g/mol. The second-order valence-corrected chi connectivity index (χ2v) is 3.95. The fraction of sp³-hybridized carbons (Fsp3) is 0.667. The Kier molecular flexibility index (Phi) is 2.43. The first-order valence-electron chi connectivity index (χ1n) is 4.41. The second kappa shape index (κ2) is 3.42. The van der Waals surface area contributed by atoms with E-state index in [0.717, 1.165) is 28.8 Å². The Morgan fingerprint density at radius 2 is 2.31 bits per heavy atom. The minimum absolute atomic E-state index is 0.109. The van der Waals surface area contributed by atoms with Gasteiger partial charge in [0.2, 0.25) is 0 Å². The van der Waals surface area contributed by atoms with Gasteiger partial charge >= 0.3 is 0 Å². The molecule has 0 saturated carbocycles. The molecule has 0 amide bonds. The number of fused-ring (bicyclic) bond motifs is 1. The summed E-state index contributed by atoms with van der Waals surface area (Å²) in [6.07, 6.45) is 1.18. The molecule has 72 valence electrons. The van der Waals surface area contributed by atoms with Crippen molar-refractivity contribution in [3.63, 3.8) is 0 Å². The molecule has 1 aromatic rings. The molecule has 0 bridgehead atoms. The Bertz CT molecular complexity index is 311. The number of halogens is 1. The van der Waals surface area contributed by atoms with Gasteiger partial charge < -0.3 is 9.26 Å². The van der Waals surface area contributed by atoms with E-state index in [-0.39, 0.29) is 12.2 Å². The van der Waals surface area contributed by atoms with Crippen molar-refractivity contribution in [2.24, 2.45) is 0 Å². The summed E-state index contributed by atoms with van der Waals surface area (Å²) in [7, 11) is 0. The molecule has 0 radical (unpaired) electrons. The molecule has 0 saturated heterocycles. The van der Waals surface area contributed by atoms with Crippen molar-refractivity contribution < 1.29 is 9.26 Å². The van der Waals surface area contributed by atoms with Gasteiger partial charge in [-0.1, -0.05) is 21.1 Å². The third kappa shape index (κ3) is 1.53. The van der Waals surface area contributed by atoms with Gasteiger partial charge in [-0.3, -0.25) is 0 Å². The number of ether oxygens (including phenoxy) is 1. The van der Waals surface area contributed by atoms with Crippen LogP contribution in [-0.2, 0) is 16.5 Å². The lowest BCUT2D eigenvalue weighted by atomic mass is 10.0. The zero-order chi connectivity index (χ0) is 9.42.